The van der Waals surface area contributed by atoms with E-state index in [0.29, 0.717) is 6.61 Å². The second-order valence-electron chi connectivity index (χ2n) is 4.17. The van der Waals surface area contributed by atoms with Gasteiger partial charge in [0.25, 0.3) is 0 Å². The van der Waals surface area contributed by atoms with Gasteiger partial charge < -0.3 is 14.6 Å². The lowest BCUT2D eigenvalue weighted by atomic mass is 9.81. The lowest BCUT2D eigenvalue weighted by Gasteiger charge is -2.40. The lowest BCUT2D eigenvalue weighted by molar-refractivity contribution is -0.196. The molecule has 0 radical (unpaired) electrons. The standard InChI is InChI=1S/C9H16O3/c1-4-9-7(10)6(5-11-9)12-8(9,2)3/h6-7,10H,4-5H2,1-3H3/t6-,7-,9+/m0/s1. The molecule has 2 bridgehead atoms. The molecule has 0 aromatic rings. The van der Waals surface area contributed by atoms with Gasteiger partial charge in [0.2, 0.25) is 0 Å². The molecule has 0 amide bonds. The highest BCUT2D eigenvalue weighted by Gasteiger charge is 2.65. The molecule has 3 atom stereocenters. The van der Waals surface area contributed by atoms with Gasteiger partial charge >= 0.3 is 0 Å². The fourth-order valence-electron chi connectivity index (χ4n) is 2.55. The molecule has 0 aliphatic carbocycles. The summed E-state index contributed by atoms with van der Waals surface area (Å²) in [6, 6.07) is 0. The van der Waals surface area contributed by atoms with Gasteiger partial charge in [0, 0.05) is 0 Å². The third-order valence-corrected chi connectivity index (χ3v) is 3.33. The lowest BCUT2D eigenvalue weighted by Crippen LogP contribution is -2.52. The molecule has 12 heavy (non-hydrogen) atoms. The molecule has 0 spiro atoms. The van der Waals surface area contributed by atoms with Gasteiger partial charge in [0.15, 0.2) is 0 Å². The number of aliphatic hydroxyl groups is 1. The Morgan fingerprint density at radius 1 is 1.50 bits per heavy atom. The average Bonchev–Trinajstić information content (AvgIpc) is 2.39. The molecule has 0 aromatic carbocycles. The van der Waals surface area contributed by atoms with E-state index in [-0.39, 0.29) is 11.7 Å². The third-order valence-electron chi connectivity index (χ3n) is 3.33. The van der Waals surface area contributed by atoms with Crippen molar-refractivity contribution in [3.8, 4) is 0 Å². The molecule has 3 nitrogen and oxygen atoms in total. The Morgan fingerprint density at radius 3 is 2.42 bits per heavy atom. The number of fused-ring (bicyclic) bond motifs is 2. The summed E-state index contributed by atoms with van der Waals surface area (Å²) in [7, 11) is 0. The Labute approximate surface area is 72.7 Å². The molecule has 2 heterocycles. The van der Waals surface area contributed by atoms with Crippen LogP contribution in [0.1, 0.15) is 27.2 Å². The van der Waals surface area contributed by atoms with Crippen LogP contribution in [-0.2, 0) is 9.47 Å². The second-order valence-corrected chi connectivity index (χ2v) is 4.17. The molecule has 0 saturated carbocycles. The molecule has 2 aliphatic rings. The summed E-state index contributed by atoms with van der Waals surface area (Å²) in [6.07, 6.45) is 0.245. The number of hydrogen-bond acceptors (Lipinski definition) is 3. The van der Waals surface area contributed by atoms with Crippen molar-refractivity contribution < 1.29 is 14.6 Å². The summed E-state index contributed by atoms with van der Waals surface area (Å²) in [5.41, 5.74) is -0.804. The first-order valence-corrected chi connectivity index (χ1v) is 4.53. The monoisotopic (exact) mass is 172 g/mol. The fraction of sp³-hybridized carbons (Fsp3) is 1.00. The van der Waals surface area contributed by atoms with Crippen LogP contribution in [0.5, 0.6) is 0 Å². The van der Waals surface area contributed by atoms with E-state index in [1.54, 1.807) is 0 Å². The Morgan fingerprint density at radius 2 is 2.17 bits per heavy atom. The van der Waals surface area contributed by atoms with Crippen molar-refractivity contribution in [2.75, 3.05) is 6.61 Å². The zero-order valence-electron chi connectivity index (χ0n) is 7.83. The van der Waals surface area contributed by atoms with Crippen molar-refractivity contribution in [2.45, 2.75) is 50.6 Å². The van der Waals surface area contributed by atoms with Crippen LogP contribution in [0.25, 0.3) is 0 Å². The Balaban J connectivity index is 2.37. The Kier molecular flexibility index (Phi) is 1.57. The molecular weight excluding hydrogens is 156 g/mol. The predicted octanol–water partition coefficient (Wildman–Crippen LogP) is 0.704. The highest BCUT2D eigenvalue weighted by molar-refractivity contribution is 5.13. The number of hydrogen-bond donors (Lipinski definition) is 1. The molecule has 2 fully saturated rings. The number of rotatable bonds is 1. The van der Waals surface area contributed by atoms with Crippen molar-refractivity contribution in [1.29, 1.82) is 0 Å². The first-order chi connectivity index (χ1) is 5.53. The Bertz CT molecular complexity index is 202. The van der Waals surface area contributed by atoms with Crippen molar-refractivity contribution in [3.05, 3.63) is 0 Å². The van der Waals surface area contributed by atoms with Crippen molar-refractivity contribution in [2.24, 2.45) is 0 Å². The van der Waals surface area contributed by atoms with Gasteiger partial charge in [-0.3, -0.25) is 0 Å². The topological polar surface area (TPSA) is 38.7 Å². The van der Waals surface area contributed by atoms with E-state index in [4.69, 9.17) is 9.47 Å². The van der Waals surface area contributed by atoms with Gasteiger partial charge in [-0.25, -0.2) is 0 Å². The maximum atomic E-state index is 9.86. The summed E-state index contributed by atoms with van der Waals surface area (Å²) in [5.74, 6) is 0. The van der Waals surface area contributed by atoms with E-state index in [1.807, 2.05) is 20.8 Å². The van der Waals surface area contributed by atoms with Crippen LogP contribution in [0.3, 0.4) is 0 Å². The zero-order valence-corrected chi connectivity index (χ0v) is 7.83. The fourth-order valence-corrected chi connectivity index (χ4v) is 2.55. The minimum Gasteiger partial charge on any atom is -0.387 e. The van der Waals surface area contributed by atoms with Crippen LogP contribution >= 0.6 is 0 Å². The van der Waals surface area contributed by atoms with E-state index in [1.165, 1.54) is 0 Å². The highest BCUT2D eigenvalue weighted by Crippen LogP contribution is 2.49. The summed E-state index contributed by atoms with van der Waals surface area (Å²) in [5, 5.41) is 9.86. The Hall–Kier alpha value is -0.120. The minimum absolute atomic E-state index is 0.111. The zero-order chi connectivity index (χ0) is 8.98. The normalized spacial score (nSPS) is 50.0. The van der Waals surface area contributed by atoms with E-state index in [2.05, 4.69) is 0 Å². The summed E-state index contributed by atoms with van der Waals surface area (Å²) >= 11 is 0. The average molecular weight is 172 g/mol. The molecule has 0 aromatic heterocycles. The van der Waals surface area contributed by atoms with Crippen LogP contribution in [0.2, 0.25) is 0 Å². The van der Waals surface area contributed by atoms with Crippen LogP contribution in [-0.4, -0.2) is 35.1 Å². The van der Waals surface area contributed by atoms with Crippen molar-refractivity contribution in [1.82, 2.24) is 0 Å². The molecule has 1 N–H and O–H groups in total. The second kappa shape index (κ2) is 2.22. The molecule has 3 heteroatoms. The van der Waals surface area contributed by atoms with Crippen LogP contribution in [0.4, 0.5) is 0 Å². The van der Waals surface area contributed by atoms with Gasteiger partial charge in [0.05, 0.1) is 12.2 Å². The predicted molar refractivity (Wildman–Crippen MR) is 43.9 cm³/mol. The SMILES string of the molecule is CC[C@]12OC[C@H](OC1(C)C)[C@@H]2O. The van der Waals surface area contributed by atoms with Crippen LogP contribution < -0.4 is 0 Å². The smallest absolute Gasteiger partial charge is 0.125 e. The van der Waals surface area contributed by atoms with Crippen LogP contribution in [0.15, 0.2) is 0 Å². The molecular formula is C9H16O3. The molecule has 2 rings (SSSR count). The van der Waals surface area contributed by atoms with Gasteiger partial charge in [-0.15, -0.1) is 0 Å². The maximum Gasteiger partial charge on any atom is 0.125 e. The number of ether oxygens (including phenoxy) is 2. The van der Waals surface area contributed by atoms with E-state index < -0.39 is 11.7 Å². The molecule has 2 aliphatic heterocycles. The van der Waals surface area contributed by atoms with Crippen molar-refractivity contribution in [3.63, 3.8) is 0 Å². The third kappa shape index (κ3) is 0.721. The maximum absolute atomic E-state index is 9.86. The quantitative estimate of drug-likeness (QED) is 0.633. The van der Waals surface area contributed by atoms with Crippen molar-refractivity contribution >= 4 is 0 Å². The summed E-state index contributed by atoms with van der Waals surface area (Å²) in [6.45, 7) is 6.54. The van der Waals surface area contributed by atoms with E-state index >= 15 is 0 Å². The molecule has 70 valence electrons. The van der Waals surface area contributed by atoms with Crippen LogP contribution in [0, 0.1) is 0 Å². The van der Waals surface area contributed by atoms with Gasteiger partial charge in [0.1, 0.15) is 17.8 Å². The minimum atomic E-state index is -0.461. The van der Waals surface area contributed by atoms with E-state index in [0.717, 1.165) is 6.42 Å². The van der Waals surface area contributed by atoms with Gasteiger partial charge in [-0.05, 0) is 20.3 Å². The largest absolute Gasteiger partial charge is 0.387 e. The summed E-state index contributed by atoms with van der Waals surface area (Å²) in [4.78, 5) is 0. The first kappa shape index (κ1) is 8.48. The van der Waals surface area contributed by atoms with E-state index in [9.17, 15) is 5.11 Å². The summed E-state index contributed by atoms with van der Waals surface area (Å²) < 4.78 is 11.3. The van der Waals surface area contributed by atoms with Gasteiger partial charge in [-0.2, -0.15) is 0 Å². The first-order valence-electron chi connectivity index (χ1n) is 4.53. The molecule has 2 saturated heterocycles. The van der Waals surface area contributed by atoms with Gasteiger partial charge in [-0.1, -0.05) is 6.92 Å². The molecule has 0 unspecified atom stereocenters. The number of aliphatic hydroxyl groups excluding tert-OH is 1. The highest BCUT2D eigenvalue weighted by atomic mass is 16.6.